The highest BCUT2D eigenvalue weighted by Crippen LogP contribution is 2.36. The van der Waals surface area contributed by atoms with Gasteiger partial charge in [0, 0.05) is 26.1 Å². The minimum Gasteiger partial charge on any atom is -0.502 e. The molecule has 1 amide bonds. The van der Waals surface area contributed by atoms with Gasteiger partial charge in [0.2, 0.25) is 5.43 Å². The molecule has 0 aliphatic carbocycles. The van der Waals surface area contributed by atoms with E-state index in [2.05, 4.69) is 5.10 Å². The molecule has 4 rings (SSSR count). The monoisotopic (exact) mass is 455 g/mol. The summed E-state index contributed by atoms with van der Waals surface area (Å²) in [6.07, 6.45) is 1.27. The number of aromatic nitrogens is 2. The fourth-order valence-electron chi connectivity index (χ4n) is 4.25. The fourth-order valence-corrected chi connectivity index (χ4v) is 4.25. The molecule has 1 atom stereocenters. The van der Waals surface area contributed by atoms with Gasteiger partial charge in [0.15, 0.2) is 11.4 Å². The van der Waals surface area contributed by atoms with Crippen LogP contribution in [0.5, 0.6) is 5.75 Å². The first-order chi connectivity index (χ1) is 15.9. The lowest BCUT2D eigenvalue weighted by Gasteiger charge is -2.36. The maximum Gasteiger partial charge on any atom is 0.276 e. The van der Waals surface area contributed by atoms with E-state index in [1.807, 2.05) is 0 Å². The van der Waals surface area contributed by atoms with Crippen LogP contribution in [-0.2, 0) is 4.74 Å². The van der Waals surface area contributed by atoms with Crippen molar-refractivity contribution >= 4 is 5.91 Å². The van der Waals surface area contributed by atoms with Gasteiger partial charge in [0.1, 0.15) is 11.6 Å². The highest BCUT2D eigenvalue weighted by atomic mass is 19.1. The molecular weight excluding hydrogens is 432 g/mol. The Morgan fingerprint density at radius 2 is 1.76 bits per heavy atom. The molecule has 172 valence electrons. The number of carbonyl (C=O) groups excluding carboxylic acids is 1. The number of fused-ring (bicyclic) bond motifs is 1. The molecule has 0 spiro atoms. The molecule has 2 heterocycles. The molecule has 0 saturated heterocycles. The number of hydrogen-bond donors (Lipinski definition) is 1. The molecule has 1 aliphatic heterocycles. The smallest absolute Gasteiger partial charge is 0.276 e. The summed E-state index contributed by atoms with van der Waals surface area (Å²) in [6.45, 7) is 0.742. The number of halogens is 2. The Kier molecular flexibility index (Phi) is 6.50. The molecule has 7 nitrogen and oxygen atoms in total. The molecule has 0 radical (unpaired) electrons. The second-order valence-corrected chi connectivity index (χ2v) is 7.95. The number of carbonyl (C=O) groups is 1. The van der Waals surface area contributed by atoms with Crippen LogP contribution in [0.2, 0.25) is 0 Å². The summed E-state index contributed by atoms with van der Waals surface area (Å²) in [5, 5.41) is 14.5. The van der Waals surface area contributed by atoms with Crippen LogP contribution in [0, 0.1) is 11.6 Å². The van der Waals surface area contributed by atoms with E-state index in [9.17, 15) is 23.5 Å². The van der Waals surface area contributed by atoms with E-state index in [0.717, 1.165) is 6.20 Å². The molecular formula is C24H23F2N3O4. The van der Waals surface area contributed by atoms with Crippen molar-refractivity contribution in [3.63, 3.8) is 0 Å². The average molecular weight is 455 g/mol. The average Bonchev–Trinajstić information content (AvgIpc) is 2.80. The van der Waals surface area contributed by atoms with Crippen LogP contribution in [0.1, 0.15) is 40.0 Å². The number of benzene rings is 2. The second-order valence-electron chi connectivity index (χ2n) is 7.95. The lowest BCUT2D eigenvalue weighted by Crippen LogP contribution is -2.46. The van der Waals surface area contributed by atoms with Crippen LogP contribution >= 0.6 is 0 Å². The molecule has 9 heteroatoms. The highest BCUT2D eigenvalue weighted by Gasteiger charge is 2.36. The van der Waals surface area contributed by atoms with Gasteiger partial charge in [-0.3, -0.25) is 14.3 Å². The summed E-state index contributed by atoms with van der Waals surface area (Å²) in [5.41, 5.74) is 0.307. The number of amides is 1. The maximum absolute atomic E-state index is 14.1. The Bertz CT molecular complexity index is 1180. The predicted molar refractivity (Wildman–Crippen MR) is 116 cm³/mol. The molecule has 1 aliphatic rings. The molecule has 1 N–H and O–H groups in total. The number of methoxy groups -OCH3 is 1. The summed E-state index contributed by atoms with van der Waals surface area (Å²) in [4.78, 5) is 26.5. The van der Waals surface area contributed by atoms with E-state index in [0.29, 0.717) is 17.5 Å². The molecule has 0 bridgehead atoms. The highest BCUT2D eigenvalue weighted by molar-refractivity contribution is 5.95. The van der Waals surface area contributed by atoms with E-state index in [4.69, 9.17) is 4.74 Å². The summed E-state index contributed by atoms with van der Waals surface area (Å²) in [5.74, 6) is -2.48. The number of nitrogens with zero attached hydrogens (tertiary/aromatic N) is 3. The Morgan fingerprint density at radius 3 is 2.33 bits per heavy atom. The van der Waals surface area contributed by atoms with Crippen molar-refractivity contribution < 1.29 is 23.4 Å². The Hall–Kier alpha value is -3.59. The standard InChI is InChI=1S/C24H23F2N3O4/c1-33-9-8-28-14-19(29-22(24(28)32)23(31)21(30)13-27-29)12-20(15-4-2-6-17(25)10-15)16-5-3-7-18(26)11-16/h2-7,10-11,13,19-20,31H,8-9,12,14H2,1H3. The third-order valence-corrected chi connectivity index (χ3v) is 5.83. The first-order valence-corrected chi connectivity index (χ1v) is 10.5. The van der Waals surface area contributed by atoms with Crippen molar-refractivity contribution in [2.45, 2.75) is 18.4 Å². The molecule has 2 aromatic carbocycles. The second kappa shape index (κ2) is 9.50. The van der Waals surface area contributed by atoms with Crippen LogP contribution in [0.3, 0.4) is 0 Å². The zero-order valence-electron chi connectivity index (χ0n) is 17.9. The topological polar surface area (TPSA) is 84.7 Å². The summed E-state index contributed by atoms with van der Waals surface area (Å²) < 4.78 is 34.6. The Morgan fingerprint density at radius 1 is 1.12 bits per heavy atom. The number of ether oxygens (including phenoxy) is 1. The predicted octanol–water partition coefficient (Wildman–Crippen LogP) is 3.09. The Balaban J connectivity index is 1.79. The number of hydrogen-bond acceptors (Lipinski definition) is 5. The van der Waals surface area contributed by atoms with Gasteiger partial charge in [-0.15, -0.1) is 0 Å². The van der Waals surface area contributed by atoms with Crippen molar-refractivity contribution in [2.75, 3.05) is 26.8 Å². The van der Waals surface area contributed by atoms with Gasteiger partial charge < -0.3 is 14.7 Å². The largest absolute Gasteiger partial charge is 0.502 e. The normalized spacial score (nSPS) is 15.7. The lowest BCUT2D eigenvalue weighted by molar-refractivity contribution is 0.0568. The zero-order chi connectivity index (χ0) is 23.5. The molecule has 0 saturated carbocycles. The van der Waals surface area contributed by atoms with E-state index >= 15 is 0 Å². The SMILES string of the molecule is COCCN1CC(CC(c2cccc(F)c2)c2cccc(F)c2)n2ncc(=O)c(O)c2C1=O. The summed E-state index contributed by atoms with van der Waals surface area (Å²) >= 11 is 0. The van der Waals surface area contributed by atoms with Crippen molar-refractivity contribution in [2.24, 2.45) is 0 Å². The molecule has 0 fully saturated rings. The van der Waals surface area contributed by atoms with Gasteiger partial charge in [-0.2, -0.15) is 5.10 Å². The van der Waals surface area contributed by atoms with Gasteiger partial charge in [0.25, 0.3) is 5.91 Å². The third kappa shape index (κ3) is 4.63. The van der Waals surface area contributed by atoms with Gasteiger partial charge in [-0.1, -0.05) is 24.3 Å². The zero-order valence-corrected chi connectivity index (χ0v) is 17.9. The van der Waals surface area contributed by atoms with E-state index in [1.165, 1.54) is 41.0 Å². The number of rotatable bonds is 7. The summed E-state index contributed by atoms with van der Waals surface area (Å²) in [6, 6.07) is 11.7. The quantitative estimate of drug-likeness (QED) is 0.592. The fraction of sp³-hybridized carbons (Fsp3) is 0.292. The summed E-state index contributed by atoms with van der Waals surface area (Å²) in [7, 11) is 1.51. The molecule has 1 aromatic heterocycles. The van der Waals surface area contributed by atoms with Gasteiger partial charge in [-0.25, -0.2) is 8.78 Å². The minimum atomic E-state index is -0.756. The first kappa shape index (κ1) is 22.6. The van der Waals surface area contributed by atoms with Crippen LogP contribution in [-0.4, -0.2) is 52.5 Å². The van der Waals surface area contributed by atoms with Gasteiger partial charge in [0.05, 0.1) is 18.8 Å². The van der Waals surface area contributed by atoms with E-state index in [1.54, 1.807) is 24.3 Å². The molecule has 3 aromatic rings. The molecule has 1 unspecified atom stereocenters. The van der Waals surface area contributed by atoms with Crippen LogP contribution < -0.4 is 5.43 Å². The van der Waals surface area contributed by atoms with Crippen molar-refractivity contribution in [1.82, 2.24) is 14.7 Å². The van der Waals surface area contributed by atoms with E-state index in [-0.39, 0.29) is 25.4 Å². The van der Waals surface area contributed by atoms with Crippen LogP contribution in [0.15, 0.2) is 59.5 Å². The third-order valence-electron chi connectivity index (χ3n) is 5.83. The maximum atomic E-state index is 14.1. The Labute approximate surface area is 188 Å². The van der Waals surface area contributed by atoms with Crippen molar-refractivity contribution in [3.05, 3.63) is 93.4 Å². The molecule has 33 heavy (non-hydrogen) atoms. The van der Waals surface area contributed by atoms with Gasteiger partial charge in [-0.05, 0) is 41.8 Å². The first-order valence-electron chi connectivity index (χ1n) is 10.5. The van der Waals surface area contributed by atoms with Crippen LogP contribution in [0.25, 0.3) is 0 Å². The van der Waals surface area contributed by atoms with Crippen LogP contribution in [0.4, 0.5) is 8.78 Å². The number of aromatic hydroxyl groups is 1. The van der Waals surface area contributed by atoms with Crippen molar-refractivity contribution in [1.29, 1.82) is 0 Å². The van der Waals surface area contributed by atoms with Crippen molar-refractivity contribution in [3.8, 4) is 5.75 Å². The van der Waals surface area contributed by atoms with Gasteiger partial charge >= 0.3 is 0 Å². The lowest BCUT2D eigenvalue weighted by atomic mass is 9.85. The minimum absolute atomic E-state index is 0.202. The van der Waals surface area contributed by atoms with E-state index < -0.39 is 40.7 Å².